The molecule has 0 rings (SSSR count). The Balaban J connectivity index is 4.11. The van der Waals surface area contributed by atoms with E-state index in [1.54, 1.807) is 0 Å². The van der Waals surface area contributed by atoms with Crippen LogP contribution in [0.3, 0.4) is 0 Å². The topological polar surface area (TPSA) is 154 Å². The van der Waals surface area contributed by atoms with E-state index in [4.69, 9.17) is 10.2 Å². The van der Waals surface area contributed by atoms with Crippen LogP contribution in [0, 0.1) is 11.8 Å². The number of hydrogen-bond acceptors (Lipinski definition) is 3. The highest BCUT2D eigenvalue weighted by molar-refractivity contribution is 5.83. The molecule has 0 saturated carbocycles. The summed E-state index contributed by atoms with van der Waals surface area (Å²) in [6.45, 7) is 7.75. The van der Waals surface area contributed by atoms with Crippen LogP contribution in [-0.2, 0) is 9.59 Å². The van der Waals surface area contributed by atoms with Crippen molar-refractivity contribution in [3.63, 3.8) is 0 Å². The van der Waals surface area contributed by atoms with E-state index in [1.165, 1.54) is 0 Å². The van der Waals surface area contributed by atoms with Crippen LogP contribution < -0.4 is 16.8 Å². The predicted octanol–water partition coefficient (Wildman–Crippen LogP) is -0.00260. The van der Waals surface area contributed by atoms with Gasteiger partial charge in [-0.2, -0.15) is 0 Å². The predicted molar refractivity (Wildman–Crippen MR) is 101 cm³/mol. The van der Waals surface area contributed by atoms with E-state index in [0.29, 0.717) is 31.2 Å². The van der Waals surface area contributed by atoms with Crippen molar-refractivity contribution in [2.75, 3.05) is 13.1 Å². The highest BCUT2D eigenvalue weighted by atomic mass is 16.4. The molecule has 26 heavy (non-hydrogen) atoms. The number of carbonyl (C=O) groups is 2. The Morgan fingerprint density at radius 2 is 1.42 bits per heavy atom. The van der Waals surface area contributed by atoms with Gasteiger partial charge in [0, 0.05) is 31.8 Å². The second kappa shape index (κ2) is 13.5. The lowest BCUT2D eigenvalue weighted by molar-refractivity contribution is -0.409. The molecule has 9 N–H and O–H groups in total. The molecule has 0 saturated heterocycles. The normalized spacial score (nSPS) is 15.5. The zero-order valence-electron chi connectivity index (χ0n) is 16.5. The summed E-state index contributed by atoms with van der Waals surface area (Å²) in [5.74, 6) is 0.00000723. The molecular weight excluding hydrogens is 336 g/mol. The van der Waals surface area contributed by atoms with Crippen LogP contribution in [0.1, 0.15) is 59.3 Å². The number of amidine groups is 1. The summed E-state index contributed by atoms with van der Waals surface area (Å²) in [4.78, 5) is 26.2. The molecule has 0 aliphatic carbocycles. The first-order valence-corrected chi connectivity index (χ1v) is 9.55. The molecule has 0 aliphatic heterocycles. The minimum atomic E-state index is -0.856. The Labute approximate surface area is 156 Å². The summed E-state index contributed by atoms with van der Waals surface area (Å²) in [5.41, 5.74) is 7.23. The first-order chi connectivity index (χ1) is 12.1. The fraction of sp³-hybridized carbons (Fsp3) is 0.833. The molecular formula is C18H38N4O4+2. The molecule has 0 aromatic rings. The number of aliphatic carboxylic acids is 2. The molecule has 0 fully saturated rings. The minimum absolute atomic E-state index is 0.291. The average molecular weight is 375 g/mol. The van der Waals surface area contributed by atoms with Crippen molar-refractivity contribution in [3.8, 4) is 0 Å². The Hall–Kier alpha value is -1.67. The zero-order chi connectivity index (χ0) is 20.1. The summed E-state index contributed by atoms with van der Waals surface area (Å²) in [5, 5.41) is 21.0. The van der Waals surface area contributed by atoms with Gasteiger partial charge in [-0.3, -0.25) is 4.99 Å². The van der Waals surface area contributed by atoms with Crippen LogP contribution in [0.2, 0.25) is 0 Å². The first-order valence-electron chi connectivity index (χ1n) is 9.55. The quantitative estimate of drug-likeness (QED) is 0.164. The van der Waals surface area contributed by atoms with Crippen LogP contribution in [0.15, 0.2) is 4.99 Å². The molecule has 152 valence electrons. The number of unbranched alkanes of at least 4 members (excludes halogenated alkanes) is 1. The summed E-state index contributed by atoms with van der Waals surface area (Å²) in [6, 6.07) is -1.07. The third-order valence-electron chi connectivity index (χ3n) is 4.35. The first kappa shape index (κ1) is 24.3. The molecule has 0 bridgehead atoms. The van der Waals surface area contributed by atoms with Gasteiger partial charge in [-0.15, -0.1) is 0 Å². The fourth-order valence-corrected chi connectivity index (χ4v) is 2.48. The summed E-state index contributed by atoms with van der Waals surface area (Å²) in [7, 11) is 0. The van der Waals surface area contributed by atoms with Crippen LogP contribution in [0.5, 0.6) is 0 Å². The summed E-state index contributed by atoms with van der Waals surface area (Å²) < 4.78 is 0. The van der Waals surface area contributed by atoms with Gasteiger partial charge in [0.25, 0.3) is 0 Å². The van der Waals surface area contributed by atoms with Gasteiger partial charge in [0.2, 0.25) is 0 Å². The molecule has 0 aliphatic rings. The maximum absolute atomic E-state index is 10.8. The summed E-state index contributed by atoms with van der Waals surface area (Å²) in [6.07, 6.45) is 4.79. The number of carboxylic acid groups (broad SMARTS) is 2. The Morgan fingerprint density at radius 3 is 1.92 bits per heavy atom. The molecule has 8 nitrogen and oxygen atoms in total. The van der Waals surface area contributed by atoms with Crippen molar-refractivity contribution in [3.05, 3.63) is 0 Å². The number of carboxylic acids is 2. The average Bonchev–Trinajstić information content (AvgIpc) is 2.56. The van der Waals surface area contributed by atoms with Crippen molar-refractivity contribution < 1.29 is 31.3 Å². The van der Waals surface area contributed by atoms with Crippen LogP contribution in [0.25, 0.3) is 0 Å². The van der Waals surface area contributed by atoms with Gasteiger partial charge in [0.05, 0.1) is 5.84 Å². The number of aliphatic imine (C=N–C) groups is 1. The molecule has 0 aromatic heterocycles. The molecule has 0 amide bonds. The van der Waals surface area contributed by atoms with E-state index in [9.17, 15) is 9.59 Å². The molecule has 0 spiro atoms. The number of rotatable bonds is 14. The monoisotopic (exact) mass is 374 g/mol. The highest BCUT2D eigenvalue weighted by Gasteiger charge is 2.15. The van der Waals surface area contributed by atoms with Crippen LogP contribution in [-0.4, -0.2) is 53.2 Å². The third kappa shape index (κ3) is 11.8. The van der Waals surface area contributed by atoms with Gasteiger partial charge >= 0.3 is 11.9 Å². The van der Waals surface area contributed by atoms with Gasteiger partial charge in [-0.1, -0.05) is 27.2 Å². The molecule has 8 heteroatoms. The third-order valence-corrected chi connectivity index (χ3v) is 4.35. The molecule has 3 atom stereocenters. The Bertz CT molecular complexity index is 454. The van der Waals surface area contributed by atoms with Crippen molar-refractivity contribution in [1.29, 1.82) is 0 Å². The second-order valence-electron chi connectivity index (χ2n) is 7.41. The van der Waals surface area contributed by atoms with Crippen molar-refractivity contribution >= 4 is 17.8 Å². The lowest BCUT2D eigenvalue weighted by atomic mass is 10.0. The molecule has 3 unspecified atom stereocenters. The van der Waals surface area contributed by atoms with Gasteiger partial charge in [0.15, 0.2) is 12.1 Å². The van der Waals surface area contributed by atoms with Gasteiger partial charge in [0.1, 0.15) is 0 Å². The standard InChI is InChI=1S/C18H36N4O4/c1-12(2)16(21-10-6-9-15(20)18(25)26)22-11-13(3)7-4-5-8-14(19)17(23)24/h12-15H,4-11,19-20H2,1-3H3,(H,21,22)(H,23,24)(H,25,26)/p+2. The van der Waals surface area contributed by atoms with Gasteiger partial charge in [-0.25, -0.2) is 9.59 Å². The van der Waals surface area contributed by atoms with Crippen molar-refractivity contribution in [1.82, 2.24) is 5.32 Å². The van der Waals surface area contributed by atoms with Crippen molar-refractivity contribution in [2.24, 2.45) is 16.8 Å². The van der Waals surface area contributed by atoms with E-state index in [-0.39, 0.29) is 0 Å². The Morgan fingerprint density at radius 1 is 0.923 bits per heavy atom. The zero-order valence-corrected chi connectivity index (χ0v) is 16.5. The van der Waals surface area contributed by atoms with E-state index in [2.05, 4.69) is 42.5 Å². The summed E-state index contributed by atoms with van der Waals surface area (Å²) >= 11 is 0. The van der Waals surface area contributed by atoms with Crippen LogP contribution >= 0.6 is 0 Å². The number of quaternary nitrogens is 2. The lowest BCUT2D eigenvalue weighted by Crippen LogP contribution is -2.64. The molecule has 0 aromatic carbocycles. The smallest absolute Gasteiger partial charge is 0.362 e. The second-order valence-corrected chi connectivity index (χ2v) is 7.41. The number of nitrogens with zero attached hydrogens (tertiary/aromatic N) is 1. The highest BCUT2D eigenvalue weighted by Crippen LogP contribution is 2.11. The number of nitrogens with one attached hydrogen (secondary N) is 1. The van der Waals surface area contributed by atoms with Gasteiger partial charge in [-0.05, 0) is 25.2 Å². The van der Waals surface area contributed by atoms with E-state index < -0.39 is 24.0 Å². The van der Waals surface area contributed by atoms with E-state index >= 15 is 0 Å². The Kier molecular flexibility index (Phi) is 12.7. The SMILES string of the molecule is CC(CCCCC([NH3+])C(=O)O)CN=C(NCCCC([NH3+])C(=O)O)C(C)C. The maximum Gasteiger partial charge on any atom is 0.362 e. The van der Waals surface area contributed by atoms with Crippen molar-refractivity contribution in [2.45, 2.75) is 71.4 Å². The molecule has 0 heterocycles. The minimum Gasteiger partial charge on any atom is -0.477 e. The van der Waals surface area contributed by atoms with E-state index in [0.717, 1.165) is 38.1 Å². The lowest BCUT2D eigenvalue weighted by Gasteiger charge is -2.15. The largest absolute Gasteiger partial charge is 0.477 e. The number of hydrogen-bond donors (Lipinski definition) is 5. The van der Waals surface area contributed by atoms with Crippen LogP contribution in [0.4, 0.5) is 0 Å². The van der Waals surface area contributed by atoms with E-state index in [1.807, 2.05) is 0 Å². The molecule has 0 radical (unpaired) electrons. The fourth-order valence-electron chi connectivity index (χ4n) is 2.48. The maximum atomic E-state index is 10.8. The van der Waals surface area contributed by atoms with Gasteiger partial charge < -0.3 is 27.0 Å².